The van der Waals surface area contributed by atoms with Crippen LogP contribution in [0.3, 0.4) is 0 Å². The van der Waals surface area contributed by atoms with Gasteiger partial charge in [0.15, 0.2) is 6.10 Å². The van der Waals surface area contributed by atoms with Gasteiger partial charge in [-0.3, -0.25) is 4.79 Å². The quantitative estimate of drug-likeness (QED) is 0.596. The number of hydrogen-bond donors (Lipinski definition) is 2. The van der Waals surface area contributed by atoms with E-state index < -0.39 is 29.6 Å². The number of nitrogens with one attached hydrogen (secondary N) is 1. The Balaban J connectivity index is 1.36. The highest BCUT2D eigenvalue weighted by Crippen LogP contribution is 2.44. The molecule has 1 atom stereocenters. The van der Waals surface area contributed by atoms with Crippen molar-refractivity contribution in [2.75, 3.05) is 27.3 Å². The minimum atomic E-state index is -1.24. The number of ether oxygens (including phenoxy) is 2. The zero-order chi connectivity index (χ0) is 25.0. The summed E-state index contributed by atoms with van der Waals surface area (Å²) in [5, 5.41) is 12.5. The van der Waals surface area contributed by atoms with Crippen molar-refractivity contribution in [3.8, 4) is 11.1 Å². The number of carboxylic acids is 1. The van der Waals surface area contributed by atoms with Gasteiger partial charge in [0, 0.05) is 20.1 Å². The van der Waals surface area contributed by atoms with E-state index in [0.29, 0.717) is 12.8 Å². The van der Waals surface area contributed by atoms with Gasteiger partial charge in [0.1, 0.15) is 12.1 Å². The minimum Gasteiger partial charge on any atom is -0.479 e. The fourth-order valence-electron chi connectivity index (χ4n) is 5.35. The van der Waals surface area contributed by atoms with Crippen LogP contribution in [0.25, 0.3) is 11.1 Å². The minimum absolute atomic E-state index is 0.0686. The molecule has 2 aromatic carbocycles. The van der Waals surface area contributed by atoms with Gasteiger partial charge in [-0.1, -0.05) is 67.8 Å². The predicted molar refractivity (Wildman–Crippen MR) is 130 cm³/mol. The second kappa shape index (κ2) is 10.5. The third kappa shape index (κ3) is 4.75. The highest BCUT2D eigenvalue weighted by Gasteiger charge is 2.46. The van der Waals surface area contributed by atoms with Gasteiger partial charge in [0.2, 0.25) is 0 Å². The SMILES string of the molecule is COC(CNC(=O)OCC1c2ccccc2-c2ccccc21)C(=O)N(C)C1(C(=O)O)CCCCC1. The van der Waals surface area contributed by atoms with Crippen LogP contribution < -0.4 is 5.32 Å². The van der Waals surface area contributed by atoms with Crippen molar-refractivity contribution < 1.29 is 29.0 Å². The lowest BCUT2D eigenvalue weighted by atomic mass is 9.80. The number of hydrogen-bond acceptors (Lipinski definition) is 5. The summed E-state index contributed by atoms with van der Waals surface area (Å²) < 4.78 is 10.8. The van der Waals surface area contributed by atoms with Crippen LogP contribution in [0.4, 0.5) is 4.79 Å². The van der Waals surface area contributed by atoms with Crippen LogP contribution in [-0.2, 0) is 19.1 Å². The van der Waals surface area contributed by atoms with Gasteiger partial charge in [0.25, 0.3) is 5.91 Å². The summed E-state index contributed by atoms with van der Waals surface area (Å²) in [4.78, 5) is 38.9. The molecule has 2 aliphatic rings. The summed E-state index contributed by atoms with van der Waals surface area (Å²) in [5.41, 5.74) is 3.26. The number of amides is 2. The van der Waals surface area contributed by atoms with Gasteiger partial charge >= 0.3 is 12.1 Å². The summed E-state index contributed by atoms with van der Waals surface area (Å²) >= 11 is 0. The topological polar surface area (TPSA) is 105 Å². The number of methoxy groups -OCH3 is 1. The molecule has 0 saturated heterocycles. The van der Waals surface area contributed by atoms with Crippen molar-refractivity contribution in [1.82, 2.24) is 10.2 Å². The summed E-state index contributed by atoms with van der Waals surface area (Å²) in [7, 11) is 2.87. The molecule has 2 amide bonds. The highest BCUT2D eigenvalue weighted by atomic mass is 16.5. The van der Waals surface area contributed by atoms with E-state index in [2.05, 4.69) is 17.4 Å². The Bertz CT molecular complexity index is 1050. The maximum Gasteiger partial charge on any atom is 0.407 e. The van der Waals surface area contributed by atoms with Gasteiger partial charge in [-0.05, 0) is 35.1 Å². The van der Waals surface area contributed by atoms with Crippen molar-refractivity contribution in [2.45, 2.75) is 49.7 Å². The number of benzene rings is 2. The highest BCUT2D eigenvalue weighted by molar-refractivity contribution is 5.89. The molecule has 0 aliphatic heterocycles. The van der Waals surface area contributed by atoms with Gasteiger partial charge in [-0.2, -0.15) is 0 Å². The van der Waals surface area contributed by atoms with Crippen molar-refractivity contribution in [3.05, 3.63) is 59.7 Å². The van der Waals surface area contributed by atoms with Crippen molar-refractivity contribution in [3.63, 3.8) is 0 Å². The first-order valence-electron chi connectivity index (χ1n) is 12.0. The smallest absolute Gasteiger partial charge is 0.407 e. The van der Waals surface area contributed by atoms with E-state index in [1.807, 2.05) is 36.4 Å². The Hall–Kier alpha value is -3.39. The maximum absolute atomic E-state index is 13.1. The van der Waals surface area contributed by atoms with Gasteiger partial charge in [-0.15, -0.1) is 0 Å². The number of likely N-dealkylation sites (N-methyl/N-ethyl adjacent to an activating group) is 1. The molecular weight excluding hydrogens is 448 g/mol. The molecule has 0 spiro atoms. The Morgan fingerprint density at radius 1 is 1.03 bits per heavy atom. The fourth-order valence-corrected chi connectivity index (χ4v) is 5.35. The van der Waals surface area contributed by atoms with Crippen molar-refractivity contribution >= 4 is 18.0 Å². The Morgan fingerprint density at radius 2 is 1.60 bits per heavy atom. The van der Waals surface area contributed by atoms with Crippen LogP contribution in [0.15, 0.2) is 48.5 Å². The van der Waals surface area contributed by atoms with Crippen LogP contribution in [0.5, 0.6) is 0 Å². The summed E-state index contributed by atoms with van der Waals surface area (Å²) in [6.45, 7) is 0.0412. The third-order valence-corrected chi connectivity index (χ3v) is 7.39. The zero-order valence-corrected chi connectivity index (χ0v) is 20.2. The Labute approximate surface area is 205 Å². The average Bonchev–Trinajstić information content (AvgIpc) is 3.21. The molecule has 1 saturated carbocycles. The lowest BCUT2D eigenvalue weighted by Crippen LogP contribution is -2.59. The lowest BCUT2D eigenvalue weighted by Gasteiger charge is -2.42. The molecule has 35 heavy (non-hydrogen) atoms. The van der Waals surface area contributed by atoms with E-state index in [0.717, 1.165) is 41.5 Å². The van der Waals surface area contributed by atoms with E-state index in [1.165, 1.54) is 19.1 Å². The van der Waals surface area contributed by atoms with E-state index >= 15 is 0 Å². The normalized spacial score (nSPS) is 17.1. The van der Waals surface area contributed by atoms with Crippen LogP contribution >= 0.6 is 0 Å². The first kappa shape index (κ1) is 24.7. The molecule has 0 aromatic heterocycles. The van der Waals surface area contributed by atoms with Gasteiger partial charge in [-0.25, -0.2) is 9.59 Å². The standard InChI is InChI=1S/C27H32N2O6/c1-29(27(25(31)32)14-8-3-9-15-27)24(30)23(34-2)16-28-26(33)35-17-22-20-12-6-4-10-18(20)19-11-5-7-13-21(19)22/h4-7,10-13,22-23H,3,8-9,14-17H2,1-2H3,(H,28,33)(H,31,32). The Morgan fingerprint density at radius 3 is 2.14 bits per heavy atom. The largest absolute Gasteiger partial charge is 0.479 e. The molecule has 8 nitrogen and oxygen atoms in total. The number of carbonyl (C=O) groups excluding carboxylic acids is 2. The number of rotatable bonds is 8. The average molecular weight is 481 g/mol. The van der Waals surface area contributed by atoms with Crippen molar-refractivity contribution in [1.29, 1.82) is 0 Å². The maximum atomic E-state index is 13.1. The molecule has 0 radical (unpaired) electrons. The van der Waals surface area contributed by atoms with Crippen LogP contribution in [0.1, 0.15) is 49.1 Å². The molecule has 2 N–H and O–H groups in total. The Kier molecular flexibility index (Phi) is 7.40. The fraction of sp³-hybridized carbons (Fsp3) is 0.444. The molecule has 0 bridgehead atoms. The summed E-state index contributed by atoms with van der Waals surface area (Å²) in [5.74, 6) is -1.55. The second-order valence-electron chi connectivity index (χ2n) is 9.23. The van der Waals surface area contributed by atoms with Crippen LogP contribution in [0, 0.1) is 0 Å². The second-order valence-corrected chi connectivity index (χ2v) is 9.23. The van der Waals surface area contributed by atoms with E-state index in [-0.39, 0.29) is 19.1 Å². The molecular formula is C27H32N2O6. The monoisotopic (exact) mass is 480 g/mol. The predicted octanol–water partition coefficient (Wildman–Crippen LogP) is 3.79. The number of carbonyl (C=O) groups is 3. The molecule has 0 heterocycles. The molecule has 1 fully saturated rings. The first-order valence-corrected chi connectivity index (χ1v) is 12.0. The van der Waals surface area contributed by atoms with E-state index in [4.69, 9.17) is 9.47 Å². The number of aliphatic carboxylic acids is 1. The summed E-state index contributed by atoms with van der Waals surface area (Å²) in [6.07, 6.45) is 1.59. The van der Waals surface area contributed by atoms with Crippen molar-refractivity contribution in [2.24, 2.45) is 0 Å². The third-order valence-electron chi connectivity index (χ3n) is 7.39. The molecule has 2 aromatic rings. The number of fused-ring (bicyclic) bond motifs is 3. The van der Waals surface area contributed by atoms with Gasteiger partial charge < -0.3 is 24.8 Å². The molecule has 4 rings (SSSR count). The van der Waals surface area contributed by atoms with E-state index in [1.54, 1.807) is 0 Å². The first-order chi connectivity index (χ1) is 16.9. The number of alkyl carbamates (subject to hydrolysis) is 1. The number of carboxylic acid groups (broad SMARTS) is 1. The lowest BCUT2D eigenvalue weighted by molar-refractivity contribution is -0.164. The van der Waals surface area contributed by atoms with E-state index in [9.17, 15) is 19.5 Å². The zero-order valence-electron chi connectivity index (χ0n) is 20.2. The van der Waals surface area contributed by atoms with Crippen LogP contribution in [0.2, 0.25) is 0 Å². The number of nitrogens with zero attached hydrogens (tertiary/aromatic N) is 1. The van der Waals surface area contributed by atoms with Gasteiger partial charge in [0.05, 0.1) is 6.54 Å². The molecule has 1 unspecified atom stereocenters. The summed E-state index contributed by atoms with van der Waals surface area (Å²) in [6, 6.07) is 16.1. The molecule has 2 aliphatic carbocycles. The van der Waals surface area contributed by atoms with Crippen LogP contribution in [-0.4, -0.2) is 66.9 Å². The molecule has 8 heteroatoms. The molecule has 186 valence electrons.